The molecule has 0 heterocycles. The molecule has 0 aliphatic heterocycles. The number of rotatable bonds is 2. The number of hydrogen-bond donors (Lipinski definition) is 1. The zero-order chi connectivity index (χ0) is 10.7. The average Bonchev–Trinajstić information content (AvgIpc) is 2.08. The van der Waals surface area contributed by atoms with Crippen molar-refractivity contribution in [2.45, 2.75) is 26.9 Å². The van der Waals surface area contributed by atoms with Crippen LogP contribution in [0.1, 0.15) is 31.1 Å². The Morgan fingerprint density at radius 1 is 1.43 bits per heavy atom. The number of aliphatic hydroxyl groups is 1. The summed E-state index contributed by atoms with van der Waals surface area (Å²) in [4.78, 5) is 0. The highest BCUT2D eigenvalue weighted by molar-refractivity contribution is 6.31. The highest BCUT2D eigenvalue weighted by Crippen LogP contribution is 2.22. The SMILES string of the molecule is CC(C)=CC(O)c1ccc(Cl)c(C)c1. The van der Waals surface area contributed by atoms with Gasteiger partial charge in [-0.05, 0) is 38.0 Å². The Bertz CT molecular complexity index is 351. The van der Waals surface area contributed by atoms with Crippen molar-refractivity contribution in [3.8, 4) is 0 Å². The maximum atomic E-state index is 9.79. The van der Waals surface area contributed by atoms with E-state index in [1.165, 1.54) is 0 Å². The number of halogens is 1. The molecule has 0 bridgehead atoms. The number of hydrogen-bond acceptors (Lipinski definition) is 1. The Balaban J connectivity index is 2.97. The first-order valence-corrected chi connectivity index (χ1v) is 4.97. The van der Waals surface area contributed by atoms with E-state index >= 15 is 0 Å². The Morgan fingerprint density at radius 2 is 2.07 bits per heavy atom. The third-order valence-electron chi connectivity index (χ3n) is 2.01. The molecule has 0 saturated heterocycles. The first-order valence-electron chi connectivity index (χ1n) is 4.60. The van der Waals surface area contributed by atoms with Gasteiger partial charge in [0.25, 0.3) is 0 Å². The van der Waals surface area contributed by atoms with Crippen LogP contribution in [0.5, 0.6) is 0 Å². The molecular weight excluding hydrogens is 196 g/mol. The molecule has 1 nitrogen and oxygen atoms in total. The molecule has 0 spiro atoms. The smallest absolute Gasteiger partial charge is 0.0974 e. The molecule has 1 unspecified atom stereocenters. The first kappa shape index (κ1) is 11.3. The maximum Gasteiger partial charge on any atom is 0.0974 e. The lowest BCUT2D eigenvalue weighted by Gasteiger charge is -2.08. The summed E-state index contributed by atoms with van der Waals surface area (Å²) in [7, 11) is 0. The van der Waals surface area contributed by atoms with Gasteiger partial charge in [0.05, 0.1) is 6.10 Å². The molecule has 0 aliphatic carbocycles. The standard InChI is InChI=1S/C12H15ClO/c1-8(2)6-12(14)10-4-5-11(13)9(3)7-10/h4-7,12,14H,1-3H3. The summed E-state index contributed by atoms with van der Waals surface area (Å²) >= 11 is 5.89. The van der Waals surface area contributed by atoms with Crippen molar-refractivity contribution >= 4 is 11.6 Å². The molecule has 76 valence electrons. The fourth-order valence-electron chi connectivity index (χ4n) is 1.26. The van der Waals surface area contributed by atoms with Crippen molar-refractivity contribution in [2.24, 2.45) is 0 Å². The van der Waals surface area contributed by atoms with E-state index in [1.807, 2.05) is 45.0 Å². The monoisotopic (exact) mass is 210 g/mol. The quantitative estimate of drug-likeness (QED) is 0.739. The van der Waals surface area contributed by atoms with Gasteiger partial charge in [0.15, 0.2) is 0 Å². The van der Waals surface area contributed by atoms with Gasteiger partial charge in [0.1, 0.15) is 0 Å². The number of aliphatic hydroxyl groups excluding tert-OH is 1. The van der Waals surface area contributed by atoms with E-state index < -0.39 is 6.10 Å². The van der Waals surface area contributed by atoms with E-state index in [1.54, 1.807) is 0 Å². The molecule has 0 aromatic heterocycles. The van der Waals surface area contributed by atoms with Crippen LogP contribution in [-0.4, -0.2) is 5.11 Å². The van der Waals surface area contributed by atoms with E-state index in [9.17, 15) is 5.11 Å². The van der Waals surface area contributed by atoms with Crippen LogP contribution in [0.25, 0.3) is 0 Å². The molecular formula is C12H15ClO. The number of benzene rings is 1. The predicted octanol–water partition coefficient (Wildman–Crippen LogP) is 3.65. The second-order valence-corrected chi connectivity index (χ2v) is 4.10. The van der Waals surface area contributed by atoms with Crippen LogP contribution in [0.2, 0.25) is 5.02 Å². The summed E-state index contributed by atoms with van der Waals surface area (Å²) in [5, 5.41) is 10.5. The molecule has 14 heavy (non-hydrogen) atoms. The second kappa shape index (κ2) is 4.63. The molecule has 0 saturated carbocycles. The molecule has 1 aromatic rings. The van der Waals surface area contributed by atoms with Gasteiger partial charge in [0.2, 0.25) is 0 Å². The third kappa shape index (κ3) is 2.86. The van der Waals surface area contributed by atoms with Crippen LogP contribution >= 0.6 is 11.6 Å². The van der Waals surface area contributed by atoms with Gasteiger partial charge < -0.3 is 5.11 Å². The predicted molar refractivity (Wildman–Crippen MR) is 60.6 cm³/mol. The summed E-state index contributed by atoms with van der Waals surface area (Å²) in [6.45, 7) is 5.86. The summed E-state index contributed by atoms with van der Waals surface area (Å²) in [6, 6.07) is 5.57. The number of allylic oxidation sites excluding steroid dienone is 1. The highest BCUT2D eigenvalue weighted by atomic mass is 35.5. The van der Waals surface area contributed by atoms with Gasteiger partial charge in [-0.1, -0.05) is 35.4 Å². The van der Waals surface area contributed by atoms with Gasteiger partial charge in [-0.3, -0.25) is 0 Å². The van der Waals surface area contributed by atoms with Gasteiger partial charge >= 0.3 is 0 Å². The zero-order valence-electron chi connectivity index (χ0n) is 8.71. The molecule has 0 fully saturated rings. The summed E-state index contributed by atoms with van der Waals surface area (Å²) in [6.07, 6.45) is 1.29. The molecule has 1 aromatic carbocycles. The molecule has 0 aliphatic rings. The normalized spacial score (nSPS) is 12.4. The van der Waals surface area contributed by atoms with Crippen LogP contribution in [0, 0.1) is 6.92 Å². The van der Waals surface area contributed by atoms with Crippen molar-refractivity contribution in [2.75, 3.05) is 0 Å². The summed E-state index contributed by atoms with van der Waals surface area (Å²) < 4.78 is 0. The Morgan fingerprint density at radius 3 is 2.57 bits per heavy atom. The average molecular weight is 211 g/mol. The van der Waals surface area contributed by atoms with E-state index in [4.69, 9.17) is 11.6 Å². The van der Waals surface area contributed by atoms with Crippen molar-refractivity contribution in [3.63, 3.8) is 0 Å². The van der Waals surface area contributed by atoms with E-state index in [0.29, 0.717) is 0 Å². The summed E-state index contributed by atoms with van der Waals surface area (Å²) in [5.74, 6) is 0. The molecule has 2 heteroatoms. The van der Waals surface area contributed by atoms with Gasteiger partial charge in [-0.15, -0.1) is 0 Å². The largest absolute Gasteiger partial charge is 0.384 e. The molecule has 1 N–H and O–H groups in total. The highest BCUT2D eigenvalue weighted by Gasteiger charge is 2.05. The van der Waals surface area contributed by atoms with E-state index in [0.717, 1.165) is 21.7 Å². The fourth-order valence-corrected chi connectivity index (χ4v) is 1.38. The van der Waals surface area contributed by atoms with Crippen molar-refractivity contribution in [1.82, 2.24) is 0 Å². The minimum Gasteiger partial charge on any atom is -0.384 e. The van der Waals surface area contributed by atoms with Crippen molar-refractivity contribution in [3.05, 3.63) is 46.0 Å². The fraction of sp³-hybridized carbons (Fsp3) is 0.333. The minimum absolute atomic E-state index is 0.532. The first-order chi connectivity index (χ1) is 6.50. The van der Waals surface area contributed by atoms with Crippen LogP contribution in [0.15, 0.2) is 29.8 Å². The molecule has 1 rings (SSSR count). The van der Waals surface area contributed by atoms with Gasteiger partial charge in [-0.2, -0.15) is 0 Å². The van der Waals surface area contributed by atoms with Crippen LogP contribution in [0.4, 0.5) is 0 Å². The molecule has 0 radical (unpaired) electrons. The van der Waals surface area contributed by atoms with Gasteiger partial charge in [-0.25, -0.2) is 0 Å². The lowest BCUT2D eigenvalue weighted by molar-refractivity contribution is 0.227. The van der Waals surface area contributed by atoms with E-state index in [-0.39, 0.29) is 0 Å². The molecule has 0 amide bonds. The zero-order valence-corrected chi connectivity index (χ0v) is 9.47. The van der Waals surface area contributed by atoms with Crippen molar-refractivity contribution < 1.29 is 5.11 Å². The van der Waals surface area contributed by atoms with Gasteiger partial charge in [0, 0.05) is 5.02 Å². The topological polar surface area (TPSA) is 20.2 Å². The van der Waals surface area contributed by atoms with Crippen LogP contribution in [-0.2, 0) is 0 Å². The third-order valence-corrected chi connectivity index (χ3v) is 2.44. The minimum atomic E-state index is -0.532. The van der Waals surface area contributed by atoms with Crippen LogP contribution < -0.4 is 0 Å². The number of aryl methyl sites for hydroxylation is 1. The second-order valence-electron chi connectivity index (χ2n) is 3.70. The Hall–Kier alpha value is -0.790. The van der Waals surface area contributed by atoms with Crippen molar-refractivity contribution in [1.29, 1.82) is 0 Å². The molecule has 1 atom stereocenters. The Kier molecular flexibility index (Phi) is 3.73. The van der Waals surface area contributed by atoms with E-state index in [2.05, 4.69) is 0 Å². The Labute approximate surface area is 90.0 Å². The lowest BCUT2D eigenvalue weighted by atomic mass is 10.1. The summed E-state index contributed by atoms with van der Waals surface area (Å²) in [5.41, 5.74) is 2.98. The van der Waals surface area contributed by atoms with Crippen LogP contribution in [0.3, 0.4) is 0 Å². The lowest BCUT2D eigenvalue weighted by Crippen LogP contribution is -1.94. The maximum absolute atomic E-state index is 9.79.